The van der Waals surface area contributed by atoms with Gasteiger partial charge in [0.15, 0.2) is 0 Å². The number of methoxy groups -OCH3 is 1. The molecule has 11 heteroatoms. The van der Waals surface area contributed by atoms with Crippen molar-refractivity contribution >= 4 is 39.2 Å². The summed E-state index contributed by atoms with van der Waals surface area (Å²) in [7, 11) is 1.50. The van der Waals surface area contributed by atoms with Crippen LogP contribution in [0.1, 0.15) is 36.9 Å². The first-order chi connectivity index (χ1) is 18.1. The molecule has 3 N–H and O–H groups in total. The Morgan fingerprint density at radius 2 is 2.19 bits per heavy atom. The summed E-state index contributed by atoms with van der Waals surface area (Å²) in [5.41, 5.74) is 2.35. The molecule has 0 unspecified atom stereocenters. The van der Waals surface area contributed by atoms with E-state index in [2.05, 4.69) is 37.6 Å². The molecule has 4 rings (SSSR count). The summed E-state index contributed by atoms with van der Waals surface area (Å²) in [5.74, 6) is 0.561. The fraction of sp³-hybridized carbons (Fsp3) is 0.538. The molecule has 0 saturated carbocycles. The monoisotopic (exact) mass is 530 g/mol. The van der Waals surface area contributed by atoms with E-state index in [9.17, 15) is 14.3 Å². The van der Waals surface area contributed by atoms with Crippen LogP contribution in [-0.4, -0.2) is 83.0 Å². The van der Waals surface area contributed by atoms with Crippen LogP contribution in [0.3, 0.4) is 0 Å². The normalized spacial score (nSPS) is 14.8. The predicted octanol–water partition coefficient (Wildman–Crippen LogP) is 4.01. The molecule has 0 bridgehead atoms. The van der Waals surface area contributed by atoms with Gasteiger partial charge < -0.3 is 25.4 Å². The Labute approximate surface area is 220 Å². The van der Waals surface area contributed by atoms with E-state index in [1.807, 2.05) is 11.4 Å². The van der Waals surface area contributed by atoms with Crippen molar-refractivity contribution in [3.63, 3.8) is 0 Å². The number of halogens is 1. The molecule has 0 aromatic carbocycles. The van der Waals surface area contributed by atoms with E-state index in [0.29, 0.717) is 25.3 Å². The smallest absolute Gasteiger partial charge is 0.326 e. The first kappa shape index (κ1) is 27.2. The largest absolute Gasteiger partial charge is 0.480 e. The number of anilines is 2. The zero-order valence-corrected chi connectivity index (χ0v) is 22.0. The number of fused-ring (bicyclic) bond motifs is 2. The lowest BCUT2D eigenvalue weighted by atomic mass is 10.1. The third-order valence-electron chi connectivity index (χ3n) is 6.68. The number of rotatable bonds is 15. The number of carbonyl (C=O) groups is 1. The van der Waals surface area contributed by atoms with Gasteiger partial charge in [-0.05, 0) is 68.1 Å². The fourth-order valence-corrected chi connectivity index (χ4v) is 5.29. The van der Waals surface area contributed by atoms with Gasteiger partial charge in [0.25, 0.3) is 0 Å². The van der Waals surface area contributed by atoms with E-state index in [4.69, 9.17) is 9.72 Å². The molecule has 37 heavy (non-hydrogen) atoms. The quantitative estimate of drug-likeness (QED) is 0.251. The van der Waals surface area contributed by atoms with E-state index in [0.717, 1.165) is 66.9 Å². The van der Waals surface area contributed by atoms with Crippen molar-refractivity contribution in [1.82, 2.24) is 19.9 Å². The zero-order valence-electron chi connectivity index (χ0n) is 21.2. The highest BCUT2D eigenvalue weighted by Crippen LogP contribution is 2.25. The van der Waals surface area contributed by atoms with Crippen LogP contribution in [0.25, 0.3) is 10.2 Å². The number of aryl methyl sites for hydroxylation is 2. The molecule has 3 aromatic heterocycles. The van der Waals surface area contributed by atoms with Crippen molar-refractivity contribution in [2.75, 3.05) is 50.6 Å². The first-order valence-electron chi connectivity index (χ1n) is 12.8. The lowest BCUT2D eigenvalue weighted by molar-refractivity contribution is -0.138. The summed E-state index contributed by atoms with van der Waals surface area (Å²) in [6.07, 6.45) is 6.13. The summed E-state index contributed by atoms with van der Waals surface area (Å²) in [6.45, 7) is 1.99. The number of carboxylic acids is 1. The van der Waals surface area contributed by atoms with Crippen LogP contribution in [-0.2, 0) is 22.4 Å². The average molecular weight is 531 g/mol. The van der Waals surface area contributed by atoms with Crippen molar-refractivity contribution in [3.05, 3.63) is 41.2 Å². The van der Waals surface area contributed by atoms with E-state index in [1.54, 1.807) is 0 Å². The second-order valence-electron chi connectivity index (χ2n) is 9.30. The number of alkyl halides is 1. The lowest BCUT2D eigenvalue weighted by Crippen LogP contribution is -2.39. The van der Waals surface area contributed by atoms with Gasteiger partial charge in [-0.25, -0.2) is 24.1 Å². The highest BCUT2D eigenvalue weighted by molar-refractivity contribution is 7.16. The Morgan fingerprint density at radius 3 is 3.00 bits per heavy atom. The lowest BCUT2D eigenvalue weighted by Gasteiger charge is -2.27. The van der Waals surface area contributed by atoms with Crippen LogP contribution >= 0.6 is 11.3 Å². The highest BCUT2D eigenvalue weighted by atomic mass is 32.1. The SMILES string of the molecule is CO[C@H](CF)CN(CCCCc1ccc2c(n1)NCCC2)CC[C@H](Nc1ncnc2sccc12)C(=O)O. The Bertz CT molecular complexity index is 1160. The molecule has 1 aliphatic rings. The van der Waals surface area contributed by atoms with Gasteiger partial charge >= 0.3 is 5.97 Å². The average Bonchev–Trinajstić information content (AvgIpc) is 3.41. The molecule has 0 amide bonds. The van der Waals surface area contributed by atoms with Crippen LogP contribution in [0.2, 0.25) is 0 Å². The molecule has 0 fully saturated rings. The molecule has 3 aromatic rings. The highest BCUT2D eigenvalue weighted by Gasteiger charge is 2.22. The molecule has 0 spiro atoms. The van der Waals surface area contributed by atoms with Crippen LogP contribution in [0.5, 0.6) is 0 Å². The third-order valence-corrected chi connectivity index (χ3v) is 7.50. The van der Waals surface area contributed by atoms with E-state index < -0.39 is 24.8 Å². The number of nitrogens with one attached hydrogen (secondary N) is 2. The number of thiophene rings is 1. The van der Waals surface area contributed by atoms with Crippen molar-refractivity contribution in [3.8, 4) is 0 Å². The van der Waals surface area contributed by atoms with Crippen molar-refractivity contribution in [2.45, 2.75) is 50.7 Å². The predicted molar refractivity (Wildman–Crippen MR) is 144 cm³/mol. The maximum Gasteiger partial charge on any atom is 0.326 e. The minimum absolute atomic E-state index is 0.339. The van der Waals surface area contributed by atoms with Crippen LogP contribution in [0.15, 0.2) is 29.9 Å². The van der Waals surface area contributed by atoms with Gasteiger partial charge in [0.2, 0.25) is 0 Å². The van der Waals surface area contributed by atoms with E-state index in [-0.39, 0.29) is 0 Å². The fourth-order valence-electron chi connectivity index (χ4n) is 4.56. The molecule has 0 radical (unpaired) electrons. The summed E-state index contributed by atoms with van der Waals surface area (Å²) in [5, 5.41) is 19.0. The van der Waals surface area contributed by atoms with E-state index >= 15 is 0 Å². The number of aliphatic carboxylic acids is 1. The molecule has 2 atom stereocenters. The molecular formula is C26H35FN6O3S. The maximum atomic E-state index is 13.4. The van der Waals surface area contributed by atoms with Crippen LogP contribution in [0, 0.1) is 0 Å². The zero-order chi connectivity index (χ0) is 26.0. The molecule has 0 saturated heterocycles. The van der Waals surface area contributed by atoms with Gasteiger partial charge in [-0.15, -0.1) is 11.3 Å². The minimum Gasteiger partial charge on any atom is -0.480 e. The maximum absolute atomic E-state index is 13.4. The Hall–Kier alpha value is -2.89. The molecule has 1 aliphatic heterocycles. The Balaban J connectivity index is 1.32. The van der Waals surface area contributed by atoms with Gasteiger partial charge in [-0.2, -0.15) is 0 Å². The number of pyridine rings is 1. The molecule has 4 heterocycles. The van der Waals surface area contributed by atoms with Crippen molar-refractivity contribution in [1.29, 1.82) is 0 Å². The first-order valence-corrected chi connectivity index (χ1v) is 13.7. The number of hydrogen-bond donors (Lipinski definition) is 3. The molecule has 200 valence electrons. The van der Waals surface area contributed by atoms with Gasteiger partial charge in [-0.3, -0.25) is 0 Å². The van der Waals surface area contributed by atoms with Gasteiger partial charge in [-0.1, -0.05) is 6.07 Å². The van der Waals surface area contributed by atoms with Crippen LogP contribution < -0.4 is 10.6 Å². The summed E-state index contributed by atoms with van der Waals surface area (Å²) < 4.78 is 18.7. The standard InChI is InChI=1S/C26H35FN6O3S/c1-36-20(15-27)16-33(12-3-2-6-19-8-7-18-5-4-11-28-23(18)31-19)13-9-22(26(34)35)32-24-21-10-14-37-25(21)30-17-29-24/h7-8,10,14,17,20,22H,2-6,9,11-13,15-16H2,1H3,(H,28,31)(H,34,35)(H,29,30,32)/t20-,22+/m1/s1. The number of hydrogen-bond acceptors (Lipinski definition) is 9. The number of carboxylic acid groups (broad SMARTS) is 1. The number of nitrogens with zero attached hydrogens (tertiary/aromatic N) is 4. The Morgan fingerprint density at radius 1 is 1.30 bits per heavy atom. The number of ether oxygens (including phenoxy) is 1. The van der Waals surface area contributed by atoms with Gasteiger partial charge in [0, 0.05) is 32.4 Å². The van der Waals surface area contributed by atoms with Crippen molar-refractivity contribution < 1.29 is 19.0 Å². The third kappa shape index (κ3) is 7.56. The van der Waals surface area contributed by atoms with Gasteiger partial charge in [0.05, 0.1) is 11.5 Å². The molecule has 9 nitrogen and oxygen atoms in total. The summed E-state index contributed by atoms with van der Waals surface area (Å²) in [6, 6.07) is 5.32. The Kier molecular flexibility index (Phi) is 9.98. The molecule has 0 aliphatic carbocycles. The minimum atomic E-state index is -0.956. The summed E-state index contributed by atoms with van der Waals surface area (Å²) in [4.78, 5) is 28.2. The molecular weight excluding hydrogens is 495 g/mol. The second kappa shape index (κ2) is 13.6. The van der Waals surface area contributed by atoms with Crippen molar-refractivity contribution in [2.24, 2.45) is 0 Å². The van der Waals surface area contributed by atoms with Crippen LogP contribution in [0.4, 0.5) is 16.0 Å². The van der Waals surface area contributed by atoms with E-state index in [1.165, 1.54) is 30.3 Å². The number of aromatic nitrogens is 3. The second-order valence-corrected chi connectivity index (χ2v) is 10.2. The topological polar surface area (TPSA) is 113 Å². The summed E-state index contributed by atoms with van der Waals surface area (Å²) >= 11 is 1.48. The number of unbranched alkanes of at least 4 members (excludes halogenated alkanes) is 1. The van der Waals surface area contributed by atoms with Gasteiger partial charge in [0.1, 0.15) is 35.5 Å².